The normalized spacial score (nSPS) is 13.2. The lowest BCUT2D eigenvalue weighted by Gasteiger charge is -2.19. The van der Waals surface area contributed by atoms with E-state index in [4.69, 9.17) is 14.0 Å². The molecule has 1 aliphatic rings. The zero-order valence-electron chi connectivity index (χ0n) is 20.8. The van der Waals surface area contributed by atoms with Crippen LogP contribution in [0.15, 0.2) is 47.1 Å². The fraction of sp³-hybridized carbons (Fsp3) is 0.321. The number of carbonyl (C=O) groups is 1. The van der Waals surface area contributed by atoms with E-state index in [1.165, 1.54) is 13.2 Å². The van der Waals surface area contributed by atoms with Gasteiger partial charge in [-0.1, -0.05) is 36.3 Å². The molecule has 0 unspecified atom stereocenters. The predicted molar refractivity (Wildman–Crippen MR) is 132 cm³/mol. The van der Waals surface area contributed by atoms with Crippen LogP contribution in [0.1, 0.15) is 48.3 Å². The van der Waals surface area contributed by atoms with Gasteiger partial charge in [-0.15, -0.1) is 0 Å². The molecular weight excluding hydrogens is 501 g/mol. The maximum absolute atomic E-state index is 14.8. The highest BCUT2D eigenvalue weighted by molar-refractivity contribution is 5.93. The van der Waals surface area contributed by atoms with Crippen molar-refractivity contribution in [2.75, 3.05) is 13.7 Å². The average molecular weight is 527 g/mol. The average Bonchev–Trinajstić information content (AvgIpc) is 3.65. The van der Waals surface area contributed by atoms with Gasteiger partial charge in [-0.05, 0) is 42.5 Å². The number of ether oxygens (including phenoxy) is 3. The highest BCUT2D eigenvalue weighted by atomic mass is 19.3. The monoisotopic (exact) mass is 526 g/mol. The molecule has 0 aliphatic heterocycles. The summed E-state index contributed by atoms with van der Waals surface area (Å²) in [5.41, 5.74) is 3.29. The smallest absolute Gasteiger partial charge is 0.387 e. The van der Waals surface area contributed by atoms with Gasteiger partial charge in [-0.25, -0.2) is 14.2 Å². The Balaban J connectivity index is 1.57. The zero-order chi connectivity index (χ0) is 26.8. The summed E-state index contributed by atoms with van der Waals surface area (Å²) in [5, 5.41) is 3.87. The topological polar surface area (TPSA) is 83.7 Å². The van der Waals surface area contributed by atoms with Crippen molar-refractivity contribution < 1.29 is 36.7 Å². The van der Waals surface area contributed by atoms with Gasteiger partial charge in [0.15, 0.2) is 6.61 Å². The van der Waals surface area contributed by atoms with Crippen molar-refractivity contribution in [1.29, 1.82) is 0 Å². The molecule has 0 spiro atoms. The third-order valence-corrected chi connectivity index (χ3v) is 6.49. The summed E-state index contributed by atoms with van der Waals surface area (Å²) in [5.74, 6) is -0.397. The summed E-state index contributed by atoms with van der Waals surface area (Å²) >= 11 is 0. The molecule has 0 amide bonds. The zero-order valence-corrected chi connectivity index (χ0v) is 20.8. The Morgan fingerprint density at radius 1 is 1.16 bits per heavy atom. The Morgan fingerprint density at radius 2 is 1.92 bits per heavy atom. The first-order valence-electron chi connectivity index (χ1n) is 12.2. The van der Waals surface area contributed by atoms with Crippen LogP contribution in [-0.4, -0.2) is 36.4 Å². The number of esters is 1. The first-order valence-corrected chi connectivity index (χ1v) is 12.2. The van der Waals surface area contributed by atoms with E-state index >= 15 is 0 Å². The van der Waals surface area contributed by atoms with Crippen molar-refractivity contribution in [1.82, 2.24) is 10.1 Å². The highest BCUT2D eigenvalue weighted by Crippen LogP contribution is 2.45. The van der Waals surface area contributed by atoms with Crippen LogP contribution in [0.5, 0.6) is 11.5 Å². The van der Waals surface area contributed by atoms with E-state index in [0.29, 0.717) is 23.6 Å². The number of pyridine rings is 1. The van der Waals surface area contributed by atoms with Crippen molar-refractivity contribution in [2.45, 2.75) is 45.1 Å². The van der Waals surface area contributed by atoms with Crippen LogP contribution < -0.4 is 9.47 Å². The number of fused-ring (bicyclic) bond motifs is 1. The number of methoxy groups -OCH3 is 1. The Kier molecular flexibility index (Phi) is 7.22. The number of hydrogen-bond acceptors (Lipinski definition) is 7. The number of aromatic nitrogens is 2. The first-order chi connectivity index (χ1) is 18.4. The van der Waals surface area contributed by atoms with Crippen molar-refractivity contribution in [3.8, 4) is 22.6 Å². The molecule has 2 heterocycles. The van der Waals surface area contributed by atoms with E-state index in [1.54, 1.807) is 13.1 Å². The second-order valence-electron chi connectivity index (χ2n) is 8.98. The number of hydrogen-bond donors (Lipinski definition) is 0. The summed E-state index contributed by atoms with van der Waals surface area (Å²) in [6, 6.07) is 9.97. The van der Waals surface area contributed by atoms with Crippen LogP contribution in [-0.2, 0) is 22.4 Å². The number of nitrogens with zero attached hydrogens (tertiary/aromatic N) is 2. The van der Waals surface area contributed by atoms with Crippen molar-refractivity contribution >= 4 is 16.9 Å². The van der Waals surface area contributed by atoms with Gasteiger partial charge in [-0.2, -0.15) is 8.78 Å². The lowest BCUT2D eigenvalue weighted by atomic mass is 9.96. The molecule has 2 aromatic heterocycles. The first kappa shape index (κ1) is 25.6. The molecule has 7 nitrogen and oxygen atoms in total. The van der Waals surface area contributed by atoms with Crippen LogP contribution >= 0.6 is 0 Å². The minimum absolute atomic E-state index is 0.0192. The summed E-state index contributed by atoms with van der Waals surface area (Å²) in [6.07, 6.45) is 4.40. The number of alkyl halides is 2. The van der Waals surface area contributed by atoms with Crippen molar-refractivity contribution in [2.24, 2.45) is 0 Å². The number of carbonyl (C=O) groups excluding carboxylic acids is 1. The summed E-state index contributed by atoms with van der Waals surface area (Å²) in [7, 11) is 1.19. The molecule has 38 heavy (non-hydrogen) atoms. The molecule has 0 radical (unpaired) electrons. The maximum Gasteiger partial charge on any atom is 0.387 e. The molecule has 198 valence electrons. The van der Waals surface area contributed by atoms with Gasteiger partial charge in [0.25, 0.3) is 0 Å². The molecule has 0 N–H and O–H groups in total. The quantitative estimate of drug-likeness (QED) is 0.227. The summed E-state index contributed by atoms with van der Waals surface area (Å²) in [6.45, 7) is -1.88. The third kappa shape index (κ3) is 5.16. The van der Waals surface area contributed by atoms with Gasteiger partial charge in [0, 0.05) is 29.2 Å². The van der Waals surface area contributed by atoms with Crippen LogP contribution in [0.25, 0.3) is 22.0 Å². The standard InChI is InChI=1S/C28H25F3N2O5/c1-3-21-18(12-15-4-6-16(7-5-15)19-13-32-38-26(19)17-8-9-17)27(37-28(30)31)24-22(36-14-23(34)35-2)11-10-20(29)25(24)33-21/h4-7,10-11,13,17,28H,3,8-9,12,14H2,1-2H3. The number of aryl methyl sites for hydroxylation is 1. The van der Waals surface area contributed by atoms with Gasteiger partial charge < -0.3 is 18.7 Å². The molecule has 0 atom stereocenters. The second kappa shape index (κ2) is 10.7. The van der Waals surface area contributed by atoms with Gasteiger partial charge >= 0.3 is 12.6 Å². The van der Waals surface area contributed by atoms with E-state index in [-0.39, 0.29) is 28.8 Å². The molecule has 4 aromatic rings. The Hall–Kier alpha value is -4.08. The molecule has 10 heteroatoms. The lowest BCUT2D eigenvalue weighted by Crippen LogP contribution is -2.14. The molecule has 1 aliphatic carbocycles. The third-order valence-electron chi connectivity index (χ3n) is 6.49. The van der Waals surface area contributed by atoms with E-state index in [2.05, 4.69) is 14.9 Å². The van der Waals surface area contributed by atoms with Gasteiger partial charge in [0.2, 0.25) is 0 Å². The van der Waals surface area contributed by atoms with Gasteiger partial charge in [-0.3, -0.25) is 0 Å². The number of rotatable bonds is 10. The Morgan fingerprint density at radius 3 is 2.58 bits per heavy atom. The largest absolute Gasteiger partial charge is 0.481 e. The van der Waals surface area contributed by atoms with Crippen molar-refractivity contribution in [3.63, 3.8) is 0 Å². The highest BCUT2D eigenvalue weighted by Gasteiger charge is 2.30. The number of benzene rings is 2. The Labute approximate surface area is 216 Å². The van der Waals surface area contributed by atoms with E-state index < -0.39 is 25.0 Å². The molecule has 2 aromatic carbocycles. The van der Waals surface area contributed by atoms with Gasteiger partial charge in [0.1, 0.15) is 28.6 Å². The fourth-order valence-corrected chi connectivity index (χ4v) is 4.48. The molecule has 1 saturated carbocycles. The number of halogens is 3. The predicted octanol–water partition coefficient (Wildman–Crippen LogP) is 6.21. The van der Waals surface area contributed by atoms with Crippen molar-refractivity contribution in [3.05, 3.63) is 71.0 Å². The molecular formula is C28H25F3N2O5. The maximum atomic E-state index is 14.8. The SMILES string of the molecule is CCc1nc2c(F)ccc(OCC(=O)OC)c2c(OC(F)F)c1Cc1ccc(-c2cnoc2C2CC2)cc1. The molecule has 1 fully saturated rings. The summed E-state index contributed by atoms with van der Waals surface area (Å²) < 4.78 is 62.6. The molecule has 0 bridgehead atoms. The van der Waals surface area contributed by atoms with E-state index in [0.717, 1.165) is 41.4 Å². The van der Waals surface area contributed by atoms with Crippen LogP contribution in [0.2, 0.25) is 0 Å². The van der Waals surface area contributed by atoms with Crippen LogP contribution in [0.3, 0.4) is 0 Å². The molecule has 0 saturated heterocycles. The van der Waals surface area contributed by atoms with Crippen LogP contribution in [0.4, 0.5) is 13.2 Å². The second-order valence-corrected chi connectivity index (χ2v) is 8.98. The van der Waals surface area contributed by atoms with Gasteiger partial charge in [0.05, 0.1) is 18.7 Å². The van der Waals surface area contributed by atoms with E-state index in [9.17, 15) is 18.0 Å². The Bertz CT molecular complexity index is 1470. The van der Waals surface area contributed by atoms with E-state index in [1.807, 2.05) is 24.3 Å². The minimum Gasteiger partial charge on any atom is -0.481 e. The summed E-state index contributed by atoms with van der Waals surface area (Å²) in [4.78, 5) is 16.1. The fourth-order valence-electron chi connectivity index (χ4n) is 4.48. The molecule has 5 rings (SSSR count). The lowest BCUT2D eigenvalue weighted by molar-refractivity contribution is -0.142. The van der Waals surface area contributed by atoms with Crippen LogP contribution in [0, 0.1) is 5.82 Å². The minimum atomic E-state index is -3.18.